The number of nitro benzene ring substituents is 1. The maximum absolute atomic E-state index is 11.9. The van der Waals surface area contributed by atoms with Crippen LogP contribution in [-0.4, -0.2) is 52.5 Å². The number of nitro groups is 1. The van der Waals surface area contributed by atoms with Crippen molar-refractivity contribution in [1.29, 1.82) is 0 Å². The van der Waals surface area contributed by atoms with Gasteiger partial charge in [0.25, 0.3) is 5.69 Å². The normalized spacial score (nSPS) is 16.3. The minimum absolute atomic E-state index is 0.0379. The lowest BCUT2D eigenvalue weighted by Crippen LogP contribution is -2.43. The van der Waals surface area contributed by atoms with Crippen LogP contribution in [0, 0.1) is 16.0 Å². The molecular formula is C15H18N4O6. The minimum Gasteiger partial charge on any atom is -0.481 e. The van der Waals surface area contributed by atoms with Crippen molar-refractivity contribution in [1.82, 2.24) is 15.5 Å². The highest BCUT2D eigenvalue weighted by molar-refractivity contribution is 5.84. The van der Waals surface area contributed by atoms with Gasteiger partial charge in [-0.1, -0.05) is 12.1 Å². The van der Waals surface area contributed by atoms with Crippen LogP contribution < -0.4 is 10.6 Å². The van der Waals surface area contributed by atoms with Crippen LogP contribution in [0.15, 0.2) is 24.3 Å². The fourth-order valence-electron chi connectivity index (χ4n) is 2.44. The van der Waals surface area contributed by atoms with E-state index in [1.165, 1.54) is 29.2 Å². The molecular weight excluding hydrogens is 332 g/mol. The second-order valence-corrected chi connectivity index (χ2v) is 5.62. The molecule has 1 unspecified atom stereocenters. The van der Waals surface area contributed by atoms with Gasteiger partial charge in [0.2, 0.25) is 5.91 Å². The SMILES string of the molecule is O=C(NCC(=O)N1CCC(C(=O)O)C1)NCc1ccc([N+](=O)[O-])cc1. The maximum atomic E-state index is 11.9. The molecule has 0 bridgehead atoms. The average molecular weight is 350 g/mol. The van der Waals surface area contributed by atoms with Gasteiger partial charge in [-0.2, -0.15) is 0 Å². The van der Waals surface area contributed by atoms with Gasteiger partial charge in [-0.05, 0) is 12.0 Å². The van der Waals surface area contributed by atoms with Crippen LogP contribution in [0.3, 0.4) is 0 Å². The summed E-state index contributed by atoms with van der Waals surface area (Å²) in [5, 5.41) is 24.4. The molecule has 0 saturated carbocycles. The summed E-state index contributed by atoms with van der Waals surface area (Å²) in [6.45, 7) is 0.448. The number of carboxylic acid groups (broad SMARTS) is 1. The Morgan fingerprint density at radius 1 is 1.24 bits per heavy atom. The number of nitrogens with one attached hydrogen (secondary N) is 2. The predicted molar refractivity (Wildman–Crippen MR) is 85.7 cm³/mol. The number of carbonyl (C=O) groups excluding carboxylic acids is 2. The summed E-state index contributed by atoms with van der Waals surface area (Å²) in [4.78, 5) is 45.9. The van der Waals surface area contributed by atoms with E-state index >= 15 is 0 Å². The number of aliphatic carboxylic acids is 1. The fourth-order valence-corrected chi connectivity index (χ4v) is 2.44. The van der Waals surface area contributed by atoms with E-state index in [0.717, 1.165) is 0 Å². The van der Waals surface area contributed by atoms with Crippen molar-refractivity contribution < 1.29 is 24.4 Å². The molecule has 134 valence electrons. The van der Waals surface area contributed by atoms with Crippen LogP contribution in [0.4, 0.5) is 10.5 Å². The first-order valence-electron chi connectivity index (χ1n) is 7.62. The Bertz CT molecular complexity index is 675. The molecule has 3 amide bonds. The molecule has 0 aromatic heterocycles. The lowest BCUT2D eigenvalue weighted by atomic mass is 10.1. The third-order valence-electron chi connectivity index (χ3n) is 3.89. The largest absolute Gasteiger partial charge is 0.481 e. The topological polar surface area (TPSA) is 142 Å². The van der Waals surface area contributed by atoms with Gasteiger partial charge in [-0.3, -0.25) is 19.7 Å². The van der Waals surface area contributed by atoms with Gasteiger partial charge in [0.1, 0.15) is 0 Å². The summed E-state index contributed by atoms with van der Waals surface area (Å²) in [6, 6.07) is 5.18. The van der Waals surface area contributed by atoms with E-state index < -0.39 is 22.8 Å². The molecule has 1 aliphatic heterocycles. The summed E-state index contributed by atoms with van der Waals surface area (Å²) in [5.74, 6) is -1.82. The van der Waals surface area contributed by atoms with Gasteiger partial charge in [0.05, 0.1) is 17.4 Å². The zero-order chi connectivity index (χ0) is 18.4. The van der Waals surface area contributed by atoms with E-state index in [2.05, 4.69) is 10.6 Å². The molecule has 1 fully saturated rings. The summed E-state index contributed by atoms with van der Waals surface area (Å²) in [6.07, 6.45) is 0.410. The molecule has 1 atom stereocenters. The van der Waals surface area contributed by atoms with Gasteiger partial charge < -0.3 is 20.6 Å². The van der Waals surface area contributed by atoms with Gasteiger partial charge in [0.15, 0.2) is 0 Å². The first-order valence-corrected chi connectivity index (χ1v) is 7.62. The van der Waals surface area contributed by atoms with Crippen LogP contribution in [0.25, 0.3) is 0 Å². The summed E-state index contributed by atoms with van der Waals surface area (Å²) in [5.41, 5.74) is 0.639. The molecule has 0 aliphatic carbocycles. The molecule has 10 heteroatoms. The van der Waals surface area contributed by atoms with Gasteiger partial charge in [-0.15, -0.1) is 0 Å². The molecule has 10 nitrogen and oxygen atoms in total. The number of carboxylic acids is 1. The Balaban J connectivity index is 1.71. The molecule has 1 saturated heterocycles. The number of non-ortho nitro benzene ring substituents is 1. The van der Waals surface area contributed by atoms with Crippen molar-refractivity contribution in [2.75, 3.05) is 19.6 Å². The molecule has 1 aliphatic rings. The minimum atomic E-state index is -0.927. The molecule has 3 N–H and O–H groups in total. The second kappa shape index (κ2) is 8.08. The smallest absolute Gasteiger partial charge is 0.315 e. The van der Waals surface area contributed by atoms with Crippen LogP contribution in [0.1, 0.15) is 12.0 Å². The first kappa shape index (κ1) is 18.2. The molecule has 0 radical (unpaired) electrons. The number of likely N-dealkylation sites (tertiary alicyclic amines) is 1. The highest BCUT2D eigenvalue weighted by atomic mass is 16.6. The summed E-state index contributed by atoms with van der Waals surface area (Å²) < 4.78 is 0. The molecule has 0 spiro atoms. The average Bonchev–Trinajstić information content (AvgIpc) is 3.08. The number of hydrogen-bond donors (Lipinski definition) is 3. The number of urea groups is 1. The number of amides is 3. The van der Waals surface area contributed by atoms with E-state index in [0.29, 0.717) is 18.5 Å². The maximum Gasteiger partial charge on any atom is 0.315 e. The van der Waals surface area contributed by atoms with E-state index in [1.54, 1.807) is 0 Å². The molecule has 1 aromatic carbocycles. The van der Waals surface area contributed by atoms with Crippen molar-refractivity contribution in [2.24, 2.45) is 5.92 Å². The highest BCUT2D eigenvalue weighted by Gasteiger charge is 2.30. The number of carbonyl (C=O) groups is 3. The lowest BCUT2D eigenvalue weighted by Gasteiger charge is -2.16. The summed E-state index contributed by atoms with van der Waals surface area (Å²) in [7, 11) is 0. The number of benzene rings is 1. The van der Waals surface area contributed by atoms with Crippen LogP contribution >= 0.6 is 0 Å². The van der Waals surface area contributed by atoms with Crippen LogP contribution in [-0.2, 0) is 16.1 Å². The Kier molecular flexibility index (Phi) is 5.88. The van der Waals surface area contributed by atoms with Crippen molar-refractivity contribution in [2.45, 2.75) is 13.0 Å². The standard InChI is InChI=1S/C15H18N4O6/c20-13(18-6-5-11(9-18)14(21)22)8-17-15(23)16-7-10-1-3-12(4-2-10)19(24)25/h1-4,11H,5-9H2,(H,21,22)(H2,16,17,23). The van der Waals surface area contributed by atoms with E-state index in [4.69, 9.17) is 5.11 Å². The van der Waals surface area contributed by atoms with Crippen molar-refractivity contribution in [3.8, 4) is 0 Å². The van der Waals surface area contributed by atoms with Crippen LogP contribution in [0.2, 0.25) is 0 Å². The van der Waals surface area contributed by atoms with Crippen molar-refractivity contribution in [3.63, 3.8) is 0 Å². The Hall–Kier alpha value is -3.17. The molecule has 25 heavy (non-hydrogen) atoms. The zero-order valence-corrected chi connectivity index (χ0v) is 13.3. The second-order valence-electron chi connectivity index (χ2n) is 5.62. The Morgan fingerprint density at radius 2 is 1.92 bits per heavy atom. The van der Waals surface area contributed by atoms with Gasteiger partial charge >= 0.3 is 12.0 Å². The third kappa shape index (κ3) is 5.16. The van der Waals surface area contributed by atoms with E-state index in [9.17, 15) is 24.5 Å². The highest BCUT2D eigenvalue weighted by Crippen LogP contribution is 2.16. The van der Waals surface area contributed by atoms with E-state index in [-0.39, 0.29) is 31.2 Å². The van der Waals surface area contributed by atoms with Crippen molar-refractivity contribution >= 4 is 23.6 Å². The molecule has 2 rings (SSSR count). The zero-order valence-electron chi connectivity index (χ0n) is 13.3. The lowest BCUT2D eigenvalue weighted by molar-refractivity contribution is -0.384. The number of rotatable bonds is 6. The third-order valence-corrected chi connectivity index (χ3v) is 3.89. The molecule has 1 heterocycles. The van der Waals surface area contributed by atoms with Crippen molar-refractivity contribution in [3.05, 3.63) is 39.9 Å². The van der Waals surface area contributed by atoms with E-state index in [1.807, 2.05) is 0 Å². The molecule has 1 aromatic rings. The number of hydrogen-bond acceptors (Lipinski definition) is 5. The monoisotopic (exact) mass is 350 g/mol. The quantitative estimate of drug-likeness (QED) is 0.498. The first-order chi connectivity index (χ1) is 11.9. The fraction of sp³-hybridized carbons (Fsp3) is 0.400. The Labute approximate surface area is 143 Å². The number of nitrogens with zero attached hydrogens (tertiary/aromatic N) is 2. The van der Waals surface area contributed by atoms with Gasteiger partial charge in [0, 0.05) is 31.8 Å². The van der Waals surface area contributed by atoms with Crippen LogP contribution in [0.5, 0.6) is 0 Å². The predicted octanol–water partition coefficient (Wildman–Crippen LogP) is 0.327. The van der Waals surface area contributed by atoms with Gasteiger partial charge in [-0.25, -0.2) is 4.79 Å². The summed E-state index contributed by atoms with van der Waals surface area (Å²) >= 11 is 0. The Morgan fingerprint density at radius 3 is 2.48 bits per heavy atom.